The molecule has 1 aromatic carbocycles. The highest BCUT2D eigenvalue weighted by Crippen LogP contribution is 2.32. The van der Waals surface area contributed by atoms with E-state index in [0.29, 0.717) is 12.4 Å². The van der Waals surface area contributed by atoms with Crippen molar-refractivity contribution in [2.75, 3.05) is 13.7 Å². The first-order valence-electron chi connectivity index (χ1n) is 5.47. The third-order valence-corrected chi connectivity index (χ3v) is 3.70. The molecule has 4 nitrogen and oxygen atoms in total. The lowest BCUT2D eigenvalue weighted by molar-refractivity contribution is 0.0896. The molecule has 0 radical (unpaired) electrons. The number of hydrogen-bond acceptors (Lipinski definition) is 4. The molecule has 0 aliphatic rings. The molecule has 0 aliphatic heterocycles. The van der Waals surface area contributed by atoms with E-state index in [1.807, 2.05) is 6.07 Å². The van der Waals surface area contributed by atoms with Crippen molar-refractivity contribution < 1.29 is 17.9 Å². The Balaban J connectivity index is 3.25. The topological polar surface area (TPSA) is 52.6 Å². The third-order valence-electron chi connectivity index (χ3n) is 2.37. The summed E-state index contributed by atoms with van der Waals surface area (Å²) in [4.78, 5) is 0.00428. The van der Waals surface area contributed by atoms with Crippen LogP contribution in [0.5, 0.6) is 5.75 Å². The largest absolute Gasteiger partial charge is 0.487 e. The van der Waals surface area contributed by atoms with Gasteiger partial charge in [0.05, 0.1) is 6.61 Å². The lowest BCUT2D eigenvalue weighted by atomic mass is 10.1. The average Bonchev–Trinajstić information content (AvgIpc) is 2.20. The Hall–Kier alpha value is -0.780. The highest BCUT2D eigenvalue weighted by molar-refractivity contribution is 8.13. The minimum absolute atomic E-state index is 0.00428. The van der Waals surface area contributed by atoms with E-state index in [0.717, 1.165) is 11.1 Å². The minimum atomic E-state index is -3.83. The molecule has 0 saturated heterocycles. The van der Waals surface area contributed by atoms with Crippen LogP contribution in [-0.4, -0.2) is 28.2 Å². The van der Waals surface area contributed by atoms with Crippen LogP contribution < -0.4 is 4.74 Å². The van der Waals surface area contributed by atoms with Crippen LogP contribution in [0.15, 0.2) is 17.0 Å². The Labute approximate surface area is 112 Å². The van der Waals surface area contributed by atoms with Gasteiger partial charge in [0, 0.05) is 17.8 Å². The van der Waals surface area contributed by atoms with E-state index >= 15 is 0 Å². The van der Waals surface area contributed by atoms with Gasteiger partial charge in [0.25, 0.3) is 9.05 Å². The molecular weight excluding hydrogens is 276 g/mol. The quantitative estimate of drug-likeness (QED) is 0.783. The molecule has 6 heteroatoms. The van der Waals surface area contributed by atoms with Gasteiger partial charge in [-0.15, -0.1) is 0 Å². The number of halogens is 1. The number of aryl methyl sites for hydroxylation is 2. The van der Waals surface area contributed by atoms with Crippen molar-refractivity contribution in [2.24, 2.45) is 0 Å². The van der Waals surface area contributed by atoms with E-state index in [2.05, 4.69) is 0 Å². The van der Waals surface area contributed by atoms with Crippen LogP contribution in [0, 0.1) is 13.8 Å². The fourth-order valence-corrected chi connectivity index (χ4v) is 2.82. The summed E-state index contributed by atoms with van der Waals surface area (Å²) < 4.78 is 33.7. The summed E-state index contributed by atoms with van der Waals surface area (Å²) in [5, 5.41) is 0. The van der Waals surface area contributed by atoms with E-state index in [-0.39, 0.29) is 11.0 Å². The fourth-order valence-electron chi connectivity index (χ4n) is 1.72. The van der Waals surface area contributed by atoms with Gasteiger partial charge < -0.3 is 9.47 Å². The monoisotopic (exact) mass is 292 g/mol. The first kappa shape index (κ1) is 15.3. The first-order valence-corrected chi connectivity index (χ1v) is 7.78. The van der Waals surface area contributed by atoms with Crippen LogP contribution >= 0.6 is 10.7 Å². The summed E-state index contributed by atoms with van der Waals surface area (Å²) in [5.74, 6) is 0.292. The molecule has 0 heterocycles. The van der Waals surface area contributed by atoms with E-state index in [1.54, 1.807) is 27.9 Å². The summed E-state index contributed by atoms with van der Waals surface area (Å²) >= 11 is 0. The van der Waals surface area contributed by atoms with Crippen molar-refractivity contribution in [1.82, 2.24) is 0 Å². The molecule has 0 fully saturated rings. The second kappa shape index (κ2) is 5.91. The molecule has 1 aromatic rings. The molecule has 1 rings (SSSR count). The van der Waals surface area contributed by atoms with Gasteiger partial charge in [0.1, 0.15) is 16.7 Å². The second-order valence-electron chi connectivity index (χ2n) is 4.23. The molecule has 1 unspecified atom stereocenters. The zero-order valence-electron chi connectivity index (χ0n) is 10.9. The molecule has 0 aliphatic carbocycles. The Morgan fingerprint density at radius 3 is 2.44 bits per heavy atom. The van der Waals surface area contributed by atoms with Crippen LogP contribution in [-0.2, 0) is 13.8 Å². The molecule has 0 amide bonds. The maximum absolute atomic E-state index is 11.6. The fraction of sp³-hybridized carbons (Fsp3) is 0.500. The van der Waals surface area contributed by atoms with Crippen LogP contribution in [0.25, 0.3) is 0 Å². The minimum Gasteiger partial charge on any atom is -0.487 e. The number of benzene rings is 1. The first-order chi connectivity index (χ1) is 8.25. The SMILES string of the molecule is COCC(C)Oc1c(C)cc(C)cc1S(=O)(=O)Cl. The Morgan fingerprint density at radius 2 is 1.94 bits per heavy atom. The van der Waals surface area contributed by atoms with E-state index in [1.165, 1.54) is 6.07 Å². The van der Waals surface area contributed by atoms with Crippen molar-refractivity contribution in [2.45, 2.75) is 31.8 Å². The Kier molecular flexibility index (Phi) is 5.01. The smallest absolute Gasteiger partial charge is 0.265 e. The normalized spacial score (nSPS) is 13.4. The molecule has 18 heavy (non-hydrogen) atoms. The highest BCUT2D eigenvalue weighted by atomic mass is 35.7. The average molecular weight is 293 g/mol. The molecule has 1 atom stereocenters. The number of methoxy groups -OCH3 is 1. The summed E-state index contributed by atoms with van der Waals surface area (Å²) in [7, 11) is 3.15. The predicted molar refractivity (Wildman–Crippen MR) is 70.9 cm³/mol. The number of rotatable bonds is 5. The number of ether oxygens (including phenoxy) is 2. The van der Waals surface area contributed by atoms with Gasteiger partial charge in [0.2, 0.25) is 0 Å². The molecule has 0 spiro atoms. The summed E-state index contributed by atoms with van der Waals surface area (Å²) in [6, 6.07) is 3.35. The van der Waals surface area contributed by atoms with Gasteiger partial charge in [-0.3, -0.25) is 0 Å². The van der Waals surface area contributed by atoms with Gasteiger partial charge in [-0.05, 0) is 38.0 Å². The van der Waals surface area contributed by atoms with Crippen LogP contribution in [0.3, 0.4) is 0 Å². The van der Waals surface area contributed by atoms with Crippen molar-refractivity contribution in [1.29, 1.82) is 0 Å². The summed E-state index contributed by atoms with van der Waals surface area (Å²) in [6.07, 6.45) is -0.256. The molecule has 0 N–H and O–H groups in total. The third kappa shape index (κ3) is 3.86. The predicted octanol–water partition coefficient (Wildman–Crippen LogP) is 2.64. The van der Waals surface area contributed by atoms with Gasteiger partial charge in [-0.1, -0.05) is 6.07 Å². The lowest BCUT2D eigenvalue weighted by Crippen LogP contribution is -2.19. The van der Waals surface area contributed by atoms with Gasteiger partial charge in [0.15, 0.2) is 0 Å². The second-order valence-corrected chi connectivity index (χ2v) is 6.77. The Morgan fingerprint density at radius 1 is 1.33 bits per heavy atom. The van der Waals surface area contributed by atoms with E-state index in [9.17, 15) is 8.42 Å². The lowest BCUT2D eigenvalue weighted by Gasteiger charge is -2.18. The van der Waals surface area contributed by atoms with E-state index in [4.69, 9.17) is 20.2 Å². The summed E-state index contributed by atoms with van der Waals surface area (Å²) in [6.45, 7) is 5.76. The maximum Gasteiger partial charge on any atom is 0.265 e. The zero-order chi connectivity index (χ0) is 13.9. The number of hydrogen-bond donors (Lipinski definition) is 0. The highest BCUT2D eigenvalue weighted by Gasteiger charge is 2.21. The summed E-state index contributed by atoms with van der Waals surface area (Å²) in [5.41, 5.74) is 1.55. The molecule has 0 bridgehead atoms. The standard InChI is InChI=1S/C12H17ClO4S/c1-8-5-9(2)12(17-10(3)7-16-4)11(6-8)18(13,14)15/h5-6,10H,7H2,1-4H3. The maximum atomic E-state index is 11.6. The van der Waals surface area contributed by atoms with Gasteiger partial charge >= 0.3 is 0 Å². The molecular formula is C12H17ClO4S. The van der Waals surface area contributed by atoms with E-state index < -0.39 is 9.05 Å². The van der Waals surface area contributed by atoms with Crippen molar-refractivity contribution in [3.05, 3.63) is 23.3 Å². The van der Waals surface area contributed by atoms with Crippen LogP contribution in [0.4, 0.5) is 0 Å². The van der Waals surface area contributed by atoms with Gasteiger partial charge in [-0.2, -0.15) is 0 Å². The van der Waals surface area contributed by atoms with Gasteiger partial charge in [-0.25, -0.2) is 8.42 Å². The zero-order valence-corrected chi connectivity index (χ0v) is 12.4. The Bertz CT molecular complexity index is 525. The van der Waals surface area contributed by atoms with Crippen molar-refractivity contribution >= 4 is 19.7 Å². The van der Waals surface area contributed by atoms with Crippen LogP contribution in [0.1, 0.15) is 18.1 Å². The molecule has 0 aromatic heterocycles. The van der Waals surface area contributed by atoms with Crippen LogP contribution in [0.2, 0.25) is 0 Å². The van der Waals surface area contributed by atoms with Crippen molar-refractivity contribution in [3.63, 3.8) is 0 Å². The molecule has 0 saturated carbocycles. The van der Waals surface area contributed by atoms with Crippen molar-refractivity contribution in [3.8, 4) is 5.75 Å². The molecule has 102 valence electrons.